The van der Waals surface area contributed by atoms with Crippen LogP contribution in [0.15, 0.2) is 0 Å². The fourth-order valence-electron chi connectivity index (χ4n) is 2.25. The molecule has 2 aliphatic heterocycles. The minimum absolute atomic E-state index is 0.0928. The predicted octanol–water partition coefficient (Wildman–Crippen LogP) is -1.71. The average molecular weight is 240 g/mol. The van der Waals surface area contributed by atoms with Crippen molar-refractivity contribution in [3.05, 3.63) is 0 Å². The molecule has 0 aromatic carbocycles. The second-order valence-corrected chi connectivity index (χ2v) is 4.59. The highest BCUT2D eigenvalue weighted by Crippen LogP contribution is 2.05. The summed E-state index contributed by atoms with van der Waals surface area (Å²) in [5.41, 5.74) is 0. The van der Waals surface area contributed by atoms with Crippen molar-refractivity contribution in [3.63, 3.8) is 0 Å². The fraction of sp³-hybridized carbons (Fsp3) is 0.818. The molecule has 0 saturated carbocycles. The Kier molecular flexibility index (Phi) is 4.33. The summed E-state index contributed by atoms with van der Waals surface area (Å²) in [5.74, 6) is -0.208. The van der Waals surface area contributed by atoms with E-state index in [0.29, 0.717) is 19.6 Å². The van der Waals surface area contributed by atoms with Crippen LogP contribution in [0.25, 0.3) is 0 Å². The van der Waals surface area contributed by atoms with Gasteiger partial charge in [0.1, 0.15) is 6.04 Å². The fourth-order valence-corrected chi connectivity index (χ4v) is 2.25. The quantitative estimate of drug-likeness (QED) is 0.547. The Balaban J connectivity index is 1.64. The number of rotatable bonds is 4. The molecule has 2 aliphatic rings. The lowest BCUT2D eigenvalue weighted by molar-refractivity contribution is -0.130. The molecular weight excluding hydrogens is 220 g/mol. The van der Waals surface area contributed by atoms with Crippen LogP contribution in [-0.2, 0) is 9.59 Å². The molecule has 1 atom stereocenters. The summed E-state index contributed by atoms with van der Waals surface area (Å²) in [5, 5.41) is 8.45. The van der Waals surface area contributed by atoms with Crippen LogP contribution in [0.3, 0.4) is 0 Å². The molecule has 0 radical (unpaired) electrons. The zero-order valence-electron chi connectivity index (χ0n) is 10.00. The van der Waals surface area contributed by atoms with Gasteiger partial charge in [-0.05, 0) is 25.9 Å². The van der Waals surface area contributed by atoms with Crippen LogP contribution in [0.2, 0.25) is 0 Å². The average Bonchev–Trinajstić information content (AvgIpc) is 2.82. The second-order valence-electron chi connectivity index (χ2n) is 4.59. The number of hydrogen-bond acceptors (Lipinski definition) is 4. The molecule has 1 unspecified atom stereocenters. The minimum atomic E-state index is -0.421. The van der Waals surface area contributed by atoms with E-state index in [1.807, 2.05) is 0 Å². The number of nitrogens with one attached hydrogen (secondary N) is 3. The molecule has 2 heterocycles. The molecule has 2 rings (SSSR count). The van der Waals surface area contributed by atoms with Crippen LogP contribution >= 0.6 is 0 Å². The summed E-state index contributed by atoms with van der Waals surface area (Å²) in [6, 6.07) is -0.421. The lowest BCUT2D eigenvalue weighted by atomic mass is 10.2. The normalized spacial score (nSPS) is 25.6. The zero-order chi connectivity index (χ0) is 12.1. The lowest BCUT2D eigenvalue weighted by Gasteiger charge is -2.23. The highest BCUT2D eigenvalue weighted by atomic mass is 16.2. The summed E-state index contributed by atoms with van der Waals surface area (Å²) in [7, 11) is 0. The Morgan fingerprint density at radius 2 is 2.18 bits per heavy atom. The Hall–Kier alpha value is -1.14. The van der Waals surface area contributed by atoms with Gasteiger partial charge in [-0.3, -0.25) is 9.59 Å². The highest BCUT2D eigenvalue weighted by Gasteiger charge is 2.24. The number of nitrogens with zero attached hydrogens (tertiary/aromatic N) is 1. The molecule has 0 spiro atoms. The zero-order valence-corrected chi connectivity index (χ0v) is 10.00. The molecule has 2 amide bonds. The van der Waals surface area contributed by atoms with E-state index in [1.54, 1.807) is 0 Å². The van der Waals surface area contributed by atoms with Gasteiger partial charge in [0.15, 0.2) is 0 Å². The van der Waals surface area contributed by atoms with Crippen LogP contribution in [-0.4, -0.2) is 62.0 Å². The van der Waals surface area contributed by atoms with Crippen LogP contribution < -0.4 is 16.0 Å². The van der Waals surface area contributed by atoms with Gasteiger partial charge in [0.25, 0.3) is 0 Å². The predicted molar refractivity (Wildman–Crippen MR) is 63.5 cm³/mol. The molecule has 6 nitrogen and oxygen atoms in total. The Morgan fingerprint density at radius 3 is 2.88 bits per heavy atom. The summed E-state index contributed by atoms with van der Waals surface area (Å²) < 4.78 is 0. The van der Waals surface area contributed by atoms with E-state index in [2.05, 4.69) is 20.9 Å². The van der Waals surface area contributed by atoms with Gasteiger partial charge in [-0.2, -0.15) is 0 Å². The van der Waals surface area contributed by atoms with E-state index in [0.717, 1.165) is 19.6 Å². The van der Waals surface area contributed by atoms with Gasteiger partial charge in [-0.25, -0.2) is 0 Å². The Labute approximate surface area is 101 Å². The second kappa shape index (κ2) is 5.97. The maximum atomic E-state index is 11.7. The molecule has 0 aliphatic carbocycles. The first-order chi connectivity index (χ1) is 8.25. The van der Waals surface area contributed by atoms with E-state index in [1.165, 1.54) is 12.8 Å². The summed E-state index contributed by atoms with van der Waals surface area (Å²) in [4.78, 5) is 25.2. The van der Waals surface area contributed by atoms with Gasteiger partial charge >= 0.3 is 0 Å². The van der Waals surface area contributed by atoms with Gasteiger partial charge in [0.2, 0.25) is 11.8 Å². The molecule has 2 saturated heterocycles. The third kappa shape index (κ3) is 3.67. The van der Waals surface area contributed by atoms with Crippen LogP contribution in [0.1, 0.15) is 12.8 Å². The van der Waals surface area contributed by atoms with Crippen molar-refractivity contribution < 1.29 is 9.59 Å². The van der Waals surface area contributed by atoms with Gasteiger partial charge in [-0.15, -0.1) is 0 Å². The van der Waals surface area contributed by atoms with Crippen molar-refractivity contribution in [2.45, 2.75) is 18.9 Å². The first-order valence-corrected chi connectivity index (χ1v) is 6.26. The first-order valence-electron chi connectivity index (χ1n) is 6.26. The topological polar surface area (TPSA) is 73.5 Å². The lowest BCUT2D eigenvalue weighted by Crippen LogP contribution is -2.58. The SMILES string of the molecule is O=C1CNCC(C(=O)NCCN2CCCC2)N1. The van der Waals surface area contributed by atoms with Crippen LogP contribution in [0, 0.1) is 0 Å². The molecule has 0 aromatic heterocycles. The van der Waals surface area contributed by atoms with Gasteiger partial charge in [0, 0.05) is 19.6 Å². The van der Waals surface area contributed by atoms with E-state index in [-0.39, 0.29) is 11.8 Å². The van der Waals surface area contributed by atoms with Gasteiger partial charge < -0.3 is 20.9 Å². The number of amides is 2. The number of carbonyl (C=O) groups excluding carboxylic acids is 2. The largest absolute Gasteiger partial charge is 0.353 e. The highest BCUT2D eigenvalue weighted by molar-refractivity contribution is 5.89. The number of carbonyl (C=O) groups is 2. The molecular formula is C11H20N4O2. The molecule has 2 fully saturated rings. The van der Waals surface area contributed by atoms with E-state index in [4.69, 9.17) is 0 Å². The maximum absolute atomic E-state index is 11.7. The van der Waals surface area contributed by atoms with Crippen molar-refractivity contribution in [2.75, 3.05) is 39.3 Å². The summed E-state index contributed by atoms with van der Waals surface area (Å²) in [6.07, 6.45) is 2.52. The number of piperazine rings is 1. The number of hydrogen-bond donors (Lipinski definition) is 3. The summed E-state index contributed by atoms with van der Waals surface area (Å²) >= 11 is 0. The molecule has 0 aromatic rings. The summed E-state index contributed by atoms with van der Waals surface area (Å²) in [6.45, 7) is 4.65. The molecule has 96 valence electrons. The monoisotopic (exact) mass is 240 g/mol. The van der Waals surface area contributed by atoms with Crippen molar-refractivity contribution >= 4 is 11.8 Å². The standard InChI is InChI=1S/C11H20N4O2/c16-10-8-12-7-9(14-10)11(17)13-3-6-15-4-1-2-5-15/h9,12H,1-8H2,(H,13,17)(H,14,16). The van der Waals surface area contributed by atoms with Gasteiger partial charge in [0.05, 0.1) is 6.54 Å². The minimum Gasteiger partial charge on any atom is -0.353 e. The molecule has 0 bridgehead atoms. The maximum Gasteiger partial charge on any atom is 0.243 e. The first kappa shape index (κ1) is 12.3. The van der Waals surface area contributed by atoms with E-state index >= 15 is 0 Å². The molecule has 17 heavy (non-hydrogen) atoms. The Bertz CT molecular complexity index is 289. The third-order valence-electron chi connectivity index (χ3n) is 3.21. The van der Waals surface area contributed by atoms with Crippen LogP contribution in [0.5, 0.6) is 0 Å². The third-order valence-corrected chi connectivity index (χ3v) is 3.21. The van der Waals surface area contributed by atoms with E-state index < -0.39 is 6.04 Å². The number of likely N-dealkylation sites (tertiary alicyclic amines) is 1. The smallest absolute Gasteiger partial charge is 0.243 e. The van der Waals surface area contributed by atoms with E-state index in [9.17, 15) is 9.59 Å². The van der Waals surface area contributed by atoms with Crippen molar-refractivity contribution in [2.24, 2.45) is 0 Å². The Morgan fingerprint density at radius 1 is 1.41 bits per heavy atom. The molecule has 3 N–H and O–H groups in total. The van der Waals surface area contributed by atoms with Crippen molar-refractivity contribution in [3.8, 4) is 0 Å². The van der Waals surface area contributed by atoms with Crippen molar-refractivity contribution in [1.82, 2.24) is 20.9 Å². The molecule has 6 heteroatoms. The van der Waals surface area contributed by atoms with Crippen LogP contribution in [0.4, 0.5) is 0 Å². The van der Waals surface area contributed by atoms with Crippen molar-refractivity contribution in [1.29, 1.82) is 0 Å². The van der Waals surface area contributed by atoms with Gasteiger partial charge in [-0.1, -0.05) is 0 Å².